The van der Waals surface area contributed by atoms with Gasteiger partial charge in [0.2, 0.25) is 0 Å². The summed E-state index contributed by atoms with van der Waals surface area (Å²) in [5.74, 6) is 0.618. The minimum absolute atomic E-state index is 0.0980. The molecule has 0 aliphatic carbocycles. The maximum absolute atomic E-state index is 12.7. The summed E-state index contributed by atoms with van der Waals surface area (Å²) in [6.07, 6.45) is 6.48. The van der Waals surface area contributed by atoms with E-state index in [1.807, 2.05) is 36.0 Å². The van der Waals surface area contributed by atoms with Gasteiger partial charge < -0.3 is 20.5 Å². The number of carbonyl (C=O) groups is 1. The smallest absolute Gasteiger partial charge is 0.254 e. The first kappa shape index (κ1) is 18.0. The van der Waals surface area contributed by atoms with Crippen LogP contribution in [0.2, 0.25) is 0 Å². The molecule has 0 saturated carbocycles. The predicted octanol–water partition coefficient (Wildman–Crippen LogP) is 2.66. The van der Waals surface area contributed by atoms with E-state index in [1.54, 1.807) is 12.4 Å². The predicted molar refractivity (Wildman–Crippen MR) is 118 cm³/mol. The first-order chi connectivity index (χ1) is 15.2. The van der Waals surface area contributed by atoms with Gasteiger partial charge in [-0.1, -0.05) is 6.07 Å². The standard InChI is InChI=1S/C23H21N7O/c1-30-9-6-15-14(5-8-25-22(15)30)21-16-10-27-23(31)20(16)18(12-26-21)29-19-3-2-13-4-7-24-11-17(13)28-19/h2-3,5-6,8-9,12,24H,4,7,10-11H2,1H3,(H,27,31)(H,28,29). The van der Waals surface area contributed by atoms with E-state index < -0.39 is 0 Å². The fourth-order valence-electron chi connectivity index (χ4n) is 4.49. The second-order valence-corrected chi connectivity index (χ2v) is 7.93. The van der Waals surface area contributed by atoms with E-state index >= 15 is 0 Å². The third kappa shape index (κ3) is 2.87. The molecule has 0 saturated heterocycles. The monoisotopic (exact) mass is 411 g/mol. The van der Waals surface area contributed by atoms with Crippen LogP contribution in [0.5, 0.6) is 0 Å². The Bertz CT molecular complexity index is 1360. The Kier molecular flexibility index (Phi) is 4.00. The van der Waals surface area contributed by atoms with Crippen molar-refractivity contribution in [2.24, 2.45) is 7.05 Å². The molecule has 0 atom stereocenters. The summed E-state index contributed by atoms with van der Waals surface area (Å²) in [7, 11) is 1.97. The van der Waals surface area contributed by atoms with Gasteiger partial charge in [0.1, 0.15) is 11.5 Å². The zero-order valence-corrected chi connectivity index (χ0v) is 17.1. The SMILES string of the molecule is Cn1ccc2c(-c3ncc(Nc4ccc5c(n4)CNCC5)c4c3CNC4=O)ccnc21. The van der Waals surface area contributed by atoms with Crippen molar-refractivity contribution in [3.63, 3.8) is 0 Å². The summed E-state index contributed by atoms with van der Waals surface area (Å²) in [5, 5.41) is 10.6. The highest BCUT2D eigenvalue weighted by Gasteiger charge is 2.28. The molecular formula is C23H21N7O. The minimum atomic E-state index is -0.0980. The normalized spacial score (nSPS) is 14.9. The molecule has 6 rings (SSSR count). The molecule has 2 aliphatic rings. The molecule has 0 fully saturated rings. The minimum Gasteiger partial charge on any atom is -0.348 e. The highest BCUT2D eigenvalue weighted by Crippen LogP contribution is 2.36. The van der Waals surface area contributed by atoms with Crippen molar-refractivity contribution < 1.29 is 4.79 Å². The molecule has 2 aliphatic heterocycles. The molecule has 31 heavy (non-hydrogen) atoms. The number of fused-ring (bicyclic) bond motifs is 3. The number of nitrogens with zero attached hydrogens (tertiary/aromatic N) is 4. The van der Waals surface area contributed by atoms with Crippen LogP contribution in [-0.4, -0.2) is 32.0 Å². The maximum Gasteiger partial charge on any atom is 0.254 e. The van der Waals surface area contributed by atoms with E-state index in [9.17, 15) is 4.79 Å². The molecule has 0 spiro atoms. The highest BCUT2D eigenvalue weighted by molar-refractivity contribution is 6.06. The van der Waals surface area contributed by atoms with E-state index in [0.717, 1.165) is 53.1 Å². The summed E-state index contributed by atoms with van der Waals surface area (Å²) in [6, 6.07) is 8.07. The third-order valence-electron chi connectivity index (χ3n) is 6.05. The Morgan fingerprint density at radius 2 is 2.06 bits per heavy atom. The van der Waals surface area contributed by atoms with Gasteiger partial charge in [0.05, 0.1) is 28.8 Å². The molecule has 3 N–H and O–H groups in total. The average Bonchev–Trinajstić information content (AvgIpc) is 3.37. The second kappa shape index (κ2) is 6.88. The van der Waals surface area contributed by atoms with E-state index in [-0.39, 0.29) is 5.91 Å². The van der Waals surface area contributed by atoms with Crippen molar-refractivity contribution in [2.45, 2.75) is 19.5 Å². The van der Waals surface area contributed by atoms with Crippen LogP contribution in [0.1, 0.15) is 27.2 Å². The molecule has 8 nitrogen and oxygen atoms in total. The molecule has 0 unspecified atom stereocenters. The van der Waals surface area contributed by atoms with Gasteiger partial charge in [-0.15, -0.1) is 0 Å². The Hall–Kier alpha value is -3.78. The summed E-state index contributed by atoms with van der Waals surface area (Å²) >= 11 is 0. The number of hydrogen-bond acceptors (Lipinski definition) is 6. The second-order valence-electron chi connectivity index (χ2n) is 7.93. The van der Waals surface area contributed by atoms with Crippen molar-refractivity contribution in [1.29, 1.82) is 0 Å². The van der Waals surface area contributed by atoms with Crippen molar-refractivity contribution in [3.8, 4) is 11.3 Å². The number of aromatic nitrogens is 4. The zero-order chi connectivity index (χ0) is 20.9. The molecule has 0 bridgehead atoms. The Morgan fingerprint density at radius 3 is 3.00 bits per heavy atom. The fraction of sp³-hybridized carbons (Fsp3) is 0.217. The number of rotatable bonds is 3. The number of hydrogen-bond donors (Lipinski definition) is 3. The van der Waals surface area contributed by atoms with Gasteiger partial charge in [0.15, 0.2) is 0 Å². The van der Waals surface area contributed by atoms with Gasteiger partial charge in [-0.25, -0.2) is 9.97 Å². The molecule has 8 heteroatoms. The van der Waals surface area contributed by atoms with Crippen molar-refractivity contribution in [2.75, 3.05) is 11.9 Å². The molecule has 6 heterocycles. The van der Waals surface area contributed by atoms with E-state index in [0.29, 0.717) is 23.6 Å². The van der Waals surface area contributed by atoms with Gasteiger partial charge >= 0.3 is 0 Å². The van der Waals surface area contributed by atoms with Crippen LogP contribution in [0.4, 0.5) is 11.5 Å². The fourth-order valence-corrected chi connectivity index (χ4v) is 4.49. The van der Waals surface area contributed by atoms with Crippen LogP contribution in [0.15, 0.2) is 42.9 Å². The highest BCUT2D eigenvalue weighted by atomic mass is 16.1. The van der Waals surface area contributed by atoms with Crippen molar-refractivity contribution in [3.05, 3.63) is 65.2 Å². The first-order valence-corrected chi connectivity index (χ1v) is 10.4. The number of pyridine rings is 3. The molecule has 0 aromatic carbocycles. The molecule has 4 aromatic heterocycles. The summed E-state index contributed by atoms with van der Waals surface area (Å²) in [6.45, 7) is 2.18. The lowest BCUT2D eigenvalue weighted by Crippen LogP contribution is -2.24. The van der Waals surface area contributed by atoms with Gasteiger partial charge in [-0.2, -0.15) is 0 Å². The number of amides is 1. The maximum atomic E-state index is 12.7. The summed E-state index contributed by atoms with van der Waals surface area (Å²) in [4.78, 5) is 26.7. The molecule has 4 aromatic rings. The van der Waals surface area contributed by atoms with Crippen LogP contribution in [0.3, 0.4) is 0 Å². The van der Waals surface area contributed by atoms with Gasteiger partial charge in [0.25, 0.3) is 5.91 Å². The molecule has 154 valence electrons. The number of aryl methyl sites for hydroxylation is 1. The Labute approximate surface area is 178 Å². The zero-order valence-electron chi connectivity index (χ0n) is 17.1. The number of nitrogens with one attached hydrogen (secondary N) is 3. The van der Waals surface area contributed by atoms with Gasteiger partial charge in [0, 0.05) is 49.0 Å². The lowest BCUT2D eigenvalue weighted by Gasteiger charge is -2.18. The molecular weight excluding hydrogens is 390 g/mol. The largest absolute Gasteiger partial charge is 0.348 e. The van der Waals surface area contributed by atoms with E-state index in [4.69, 9.17) is 9.97 Å². The van der Waals surface area contributed by atoms with Gasteiger partial charge in [-0.05, 0) is 36.7 Å². The van der Waals surface area contributed by atoms with E-state index in [1.165, 1.54) is 5.56 Å². The van der Waals surface area contributed by atoms with E-state index in [2.05, 4.69) is 27.0 Å². The number of carbonyl (C=O) groups excluding carboxylic acids is 1. The van der Waals surface area contributed by atoms with Crippen molar-refractivity contribution in [1.82, 2.24) is 30.2 Å². The van der Waals surface area contributed by atoms with Crippen LogP contribution in [0.25, 0.3) is 22.3 Å². The van der Waals surface area contributed by atoms with Crippen molar-refractivity contribution >= 4 is 28.4 Å². The van der Waals surface area contributed by atoms with Crippen LogP contribution >= 0.6 is 0 Å². The Balaban J connectivity index is 1.44. The molecule has 0 radical (unpaired) electrons. The van der Waals surface area contributed by atoms with Crippen LogP contribution in [0, 0.1) is 0 Å². The first-order valence-electron chi connectivity index (χ1n) is 10.4. The lowest BCUT2D eigenvalue weighted by molar-refractivity contribution is 0.0966. The summed E-state index contributed by atoms with van der Waals surface area (Å²) < 4.78 is 1.98. The third-order valence-corrected chi connectivity index (χ3v) is 6.05. The lowest BCUT2D eigenvalue weighted by atomic mass is 10.0. The van der Waals surface area contributed by atoms with Crippen LogP contribution in [-0.2, 0) is 26.6 Å². The number of anilines is 2. The average molecular weight is 411 g/mol. The quantitative estimate of drug-likeness (QED) is 0.480. The van der Waals surface area contributed by atoms with Crippen LogP contribution < -0.4 is 16.0 Å². The molecule has 1 amide bonds. The Morgan fingerprint density at radius 1 is 1.13 bits per heavy atom. The summed E-state index contributed by atoms with van der Waals surface area (Å²) in [5.41, 5.74) is 7.18. The van der Waals surface area contributed by atoms with Gasteiger partial charge in [-0.3, -0.25) is 9.78 Å². The topological polar surface area (TPSA) is 96.8 Å².